The number of hydrogen-bond donors (Lipinski definition) is 2. The van der Waals surface area contributed by atoms with E-state index in [-0.39, 0.29) is 11.8 Å². The number of carbonyl (C=O) groups excluding carboxylic acids is 1. The fraction of sp³-hybridized carbons (Fsp3) is 0.364. The Morgan fingerprint density at radius 1 is 1.53 bits per heavy atom. The van der Waals surface area contributed by atoms with E-state index in [9.17, 15) is 4.79 Å². The molecular weight excluding hydrogens is 303 g/mol. The van der Waals surface area contributed by atoms with Gasteiger partial charge in [0.1, 0.15) is 0 Å². The van der Waals surface area contributed by atoms with E-state index in [0.29, 0.717) is 6.54 Å². The smallest absolute Gasteiger partial charge is 0.228 e. The molecule has 82 valence electrons. The first-order valence-electron chi connectivity index (χ1n) is 4.94. The van der Waals surface area contributed by atoms with Crippen molar-refractivity contribution in [2.45, 2.75) is 13.3 Å². The molecule has 1 amide bonds. The predicted molar refractivity (Wildman–Crippen MR) is 70.6 cm³/mol. The summed E-state index contributed by atoms with van der Waals surface area (Å²) < 4.78 is 1.04. The normalized spacial score (nSPS) is 12.2. The minimum absolute atomic E-state index is 0.00381. The van der Waals surface area contributed by atoms with Crippen molar-refractivity contribution in [3.8, 4) is 0 Å². The molecule has 0 saturated heterocycles. The summed E-state index contributed by atoms with van der Waals surface area (Å²) in [4.78, 5) is 11.7. The first-order valence-corrected chi connectivity index (χ1v) is 6.02. The van der Waals surface area contributed by atoms with Crippen LogP contribution in [0.15, 0.2) is 24.3 Å². The van der Waals surface area contributed by atoms with Crippen LogP contribution in [0.4, 0.5) is 5.69 Å². The summed E-state index contributed by atoms with van der Waals surface area (Å²) in [6.45, 7) is 2.36. The van der Waals surface area contributed by atoms with Gasteiger partial charge in [-0.2, -0.15) is 0 Å². The average molecular weight is 318 g/mol. The van der Waals surface area contributed by atoms with Crippen LogP contribution in [0.3, 0.4) is 0 Å². The zero-order valence-corrected chi connectivity index (χ0v) is 10.8. The van der Waals surface area contributed by atoms with Gasteiger partial charge in [-0.1, -0.05) is 19.1 Å². The number of nitrogens with two attached hydrogens (primary N) is 1. The van der Waals surface area contributed by atoms with Gasteiger partial charge in [0.25, 0.3) is 0 Å². The lowest BCUT2D eigenvalue weighted by molar-refractivity contribution is -0.119. The molecule has 0 spiro atoms. The Balaban J connectivity index is 2.70. The summed E-state index contributed by atoms with van der Waals surface area (Å²) >= 11 is 2.20. The van der Waals surface area contributed by atoms with Crippen molar-refractivity contribution in [2.75, 3.05) is 11.9 Å². The van der Waals surface area contributed by atoms with Crippen molar-refractivity contribution in [1.82, 2.24) is 0 Å². The molecule has 1 atom stereocenters. The lowest BCUT2D eigenvalue weighted by Crippen LogP contribution is -2.28. The number of carbonyl (C=O) groups is 1. The number of halogens is 1. The van der Waals surface area contributed by atoms with E-state index in [0.717, 1.165) is 15.7 Å². The number of amides is 1. The predicted octanol–water partition coefficient (Wildman–Crippen LogP) is 2.21. The second-order valence-corrected chi connectivity index (χ2v) is 4.47. The molecule has 1 unspecified atom stereocenters. The van der Waals surface area contributed by atoms with Crippen LogP contribution in [0.2, 0.25) is 0 Å². The Kier molecular flexibility index (Phi) is 5.04. The van der Waals surface area contributed by atoms with Crippen LogP contribution in [0.1, 0.15) is 13.3 Å². The van der Waals surface area contributed by atoms with Gasteiger partial charge >= 0.3 is 0 Å². The van der Waals surface area contributed by atoms with E-state index >= 15 is 0 Å². The van der Waals surface area contributed by atoms with Crippen LogP contribution in [-0.2, 0) is 4.79 Å². The molecule has 0 radical (unpaired) electrons. The van der Waals surface area contributed by atoms with E-state index in [2.05, 4.69) is 27.9 Å². The Labute approximate surface area is 104 Å². The highest BCUT2D eigenvalue weighted by Crippen LogP contribution is 2.18. The van der Waals surface area contributed by atoms with Crippen LogP contribution in [-0.4, -0.2) is 12.5 Å². The molecule has 3 nitrogen and oxygen atoms in total. The van der Waals surface area contributed by atoms with Crippen LogP contribution in [0.5, 0.6) is 0 Å². The summed E-state index contributed by atoms with van der Waals surface area (Å²) in [6.07, 6.45) is 0.770. The van der Waals surface area contributed by atoms with Crippen molar-refractivity contribution in [1.29, 1.82) is 0 Å². The third kappa shape index (κ3) is 3.46. The van der Waals surface area contributed by atoms with Gasteiger partial charge in [-0.3, -0.25) is 4.79 Å². The summed E-state index contributed by atoms with van der Waals surface area (Å²) in [5, 5.41) is 2.89. The molecule has 1 aromatic carbocycles. The van der Waals surface area contributed by atoms with Crippen molar-refractivity contribution in [3.63, 3.8) is 0 Å². The van der Waals surface area contributed by atoms with E-state index in [1.165, 1.54) is 0 Å². The minimum Gasteiger partial charge on any atom is -0.330 e. The molecular formula is C11H15IN2O. The Hall–Kier alpha value is -0.620. The van der Waals surface area contributed by atoms with Gasteiger partial charge in [0.2, 0.25) is 5.91 Å². The average Bonchev–Trinajstić information content (AvgIpc) is 2.23. The van der Waals surface area contributed by atoms with Gasteiger partial charge in [-0.05, 0) is 41.1 Å². The monoisotopic (exact) mass is 318 g/mol. The maximum absolute atomic E-state index is 11.7. The second-order valence-electron chi connectivity index (χ2n) is 3.31. The molecule has 0 bridgehead atoms. The fourth-order valence-corrected chi connectivity index (χ4v) is 1.78. The first-order chi connectivity index (χ1) is 7.19. The minimum atomic E-state index is -0.0963. The van der Waals surface area contributed by atoms with Crippen LogP contribution >= 0.6 is 22.6 Å². The number of rotatable bonds is 4. The van der Waals surface area contributed by atoms with Gasteiger partial charge in [0.15, 0.2) is 0 Å². The molecule has 3 N–H and O–H groups in total. The Bertz CT molecular complexity index is 337. The third-order valence-corrected chi connectivity index (χ3v) is 3.22. The lowest BCUT2D eigenvalue weighted by atomic mass is 10.1. The number of para-hydroxylation sites is 1. The van der Waals surface area contributed by atoms with Crippen molar-refractivity contribution in [3.05, 3.63) is 27.8 Å². The summed E-state index contributed by atoms with van der Waals surface area (Å²) in [5.74, 6) is -0.0925. The van der Waals surface area contributed by atoms with Gasteiger partial charge in [-0.25, -0.2) is 0 Å². The molecule has 0 aliphatic carbocycles. The van der Waals surface area contributed by atoms with Crippen LogP contribution in [0, 0.1) is 9.49 Å². The van der Waals surface area contributed by atoms with Crippen molar-refractivity contribution < 1.29 is 4.79 Å². The highest BCUT2D eigenvalue weighted by atomic mass is 127. The van der Waals surface area contributed by atoms with Crippen LogP contribution < -0.4 is 11.1 Å². The van der Waals surface area contributed by atoms with Gasteiger partial charge in [0.05, 0.1) is 11.6 Å². The molecule has 0 saturated carbocycles. The van der Waals surface area contributed by atoms with Crippen molar-refractivity contribution >= 4 is 34.2 Å². The molecule has 0 heterocycles. The lowest BCUT2D eigenvalue weighted by Gasteiger charge is -2.13. The summed E-state index contributed by atoms with van der Waals surface area (Å²) in [5.41, 5.74) is 6.37. The number of nitrogens with one attached hydrogen (secondary N) is 1. The molecule has 0 aliphatic rings. The van der Waals surface area contributed by atoms with E-state index < -0.39 is 0 Å². The highest BCUT2D eigenvalue weighted by Gasteiger charge is 2.14. The molecule has 4 heteroatoms. The maximum Gasteiger partial charge on any atom is 0.228 e. The maximum atomic E-state index is 11.7. The zero-order valence-electron chi connectivity index (χ0n) is 8.66. The Morgan fingerprint density at radius 3 is 2.73 bits per heavy atom. The molecule has 1 aromatic rings. The highest BCUT2D eigenvalue weighted by molar-refractivity contribution is 14.1. The SMILES string of the molecule is CCC(CN)C(=O)Nc1ccccc1I. The number of anilines is 1. The second kappa shape index (κ2) is 6.07. The topological polar surface area (TPSA) is 55.1 Å². The molecule has 0 aliphatic heterocycles. The molecule has 15 heavy (non-hydrogen) atoms. The quantitative estimate of drug-likeness (QED) is 0.837. The third-order valence-electron chi connectivity index (χ3n) is 2.28. The van der Waals surface area contributed by atoms with Gasteiger partial charge < -0.3 is 11.1 Å². The number of hydrogen-bond acceptors (Lipinski definition) is 2. The summed E-state index contributed by atoms with van der Waals surface area (Å²) in [6, 6.07) is 7.70. The number of benzene rings is 1. The Morgan fingerprint density at radius 2 is 2.20 bits per heavy atom. The molecule has 0 fully saturated rings. The van der Waals surface area contributed by atoms with Gasteiger partial charge in [-0.15, -0.1) is 0 Å². The standard InChI is InChI=1S/C11H15IN2O/c1-2-8(7-13)11(15)14-10-6-4-3-5-9(10)12/h3-6,8H,2,7,13H2,1H3,(H,14,15). The van der Waals surface area contributed by atoms with Crippen molar-refractivity contribution in [2.24, 2.45) is 11.7 Å². The van der Waals surface area contributed by atoms with E-state index in [1.807, 2.05) is 31.2 Å². The first kappa shape index (κ1) is 12.4. The molecule has 0 aromatic heterocycles. The fourth-order valence-electron chi connectivity index (χ4n) is 1.26. The largest absolute Gasteiger partial charge is 0.330 e. The summed E-state index contributed by atoms with van der Waals surface area (Å²) in [7, 11) is 0. The van der Waals surface area contributed by atoms with Gasteiger partial charge in [0, 0.05) is 10.1 Å². The zero-order chi connectivity index (χ0) is 11.3. The molecule has 1 rings (SSSR count). The van der Waals surface area contributed by atoms with Crippen LogP contribution in [0.25, 0.3) is 0 Å². The van der Waals surface area contributed by atoms with E-state index in [4.69, 9.17) is 5.73 Å². The van der Waals surface area contributed by atoms with E-state index in [1.54, 1.807) is 0 Å².